The molecular weight excluding hydrogens is 286 g/mol. The molecule has 0 bridgehead atoms. The zero-order chi connectivity index (χ0) is 14.7. The number of nitrogens with one attached hydrogen (secondary N) is 2. The molecule has 2 amide bonds. The van der Waals surface area contributed by atoms with E-state index in [0.29, 0.717) is 17.6 Å². The molecule has 1 fully saturated rings. The Balaban J connectivity index is 1.46. The van der Waals surface area contributed by atoms with Gasteiger partial charge < -0.3 is 10.6 Å². The van der Waals surface area contributed by atoms with Gasteiger partial charge in [-0.05, 0) is 29.7 Å². The molecule has 4 nitrogen and oxygen atoms in total. The van der Waals surface area contributed by atoms with Crippen molar-refractivity contribution in [1.82, 2.24) is 15.6 Å². The molecule has 0 saturated heterocycles. The fourth-order valence-corrected chi connectivity index (χ4v) is 2.57. The van der Waals surface area contributed by atoms with Crippen molar-refractivity contribution in [2.75, 3.05) is 0 Å². The minimum atomic E-state index is -0.147. The molecule has 1 saturated carbocycles. The molecule has 5 heteroatoms. The molecule has 1 aliphatic carbocycles. The van der Waals surface area contributed by atoms with E-state index in [1.54, 1.807) is 12.3 Å². The summed E-state index contributed by atoms with van der Waals surface area (Å²) in [4.78, 5) is 15.8. The number of amides is 2. The standard InChI is InChI=1S/C16H16ClN3O/c17-15-8-11(6-7-18-15)10-19-16(21)20-14-9-13(14)12-4-2-1-3-5-12/h1-8,13-14H,9-10H2,(H2,19,20,21)/t13-,14+/m0/s1. The maximum Gasteiger partial charge on any atom is 0.315 e. The van der Waals surface area contributed by atoms with Crippen molar-refractivity contribution in [3.05, 3.63) is 64.9 Å². The number of rotatable bonds is 4. The van der Waals surface area contributed by atoms with Crippen LogP contribution in [0.5, 0.6) is 0 Å². The van der Waals surface area contributed by atoms with Crippen LogP contribution in [0.2, 0.25) is 5.15 Å². The van der Waals surface area contributed by atoms with E-state index < -0.39 is 0 Å². The van der Waals surface area contributed by atoms with Crippen LogP contribution in [-0.2, 0) is 6.54 Å². The van der Waals surface area contributed by atoms with Crippen LogP contribution in [0.3, 0.4) is 0 Å². The fraction of sp³-hybridized carbons (Fsp3) is 0.250. The second-order valence-corrected chi connectivity index (χ2v) is 5.56. The third-order valence-electron chi connectivity index (χ3n) is 3.58. The maximum absolute atomic E-state index is 11.9. The largest absolute Gasteiger partial charge is 0.335 e. The number of pyridine rings is 1. The summed E-state index contributed by atoms with van der Waals surface area (Å²) < 4.78 is 0. The van der Waals surface area contributed by atoms with E-state index in [2.05, 4.69) is 27.8 Å². The van der Waals surface area contributed by atoms with Crippen molar-refractivity contribution >= 4 is 17.6 Å². The first-order valence-corrected chi connectivity index (χ1v) is 7.30. The quantitative estimate of drug-likeness (QED) is 0.853. The summed E-state index contributed by atoms with van der Waals surface area (Å²) in [6.07, 6.45) is 2.63. The maximum atomic E-state index is 11.9. The topological polar surface area (TPSA) is 54.0 Å². The average Bonchev–Trinajstić information content (AvgIpc) is 3.25. The van der Waals surface area contributed by atoms with E-state index in [-0.39, 0.29) is 12.1 Å². The predicted molar refractivity (Wildman–Crippen MR) is 82.2 cm³/mol. The lowest BCUT2D eigenvalue weighted by Crippen LogP contribution is -2.36. The van der Waals surface area contributed by atoms with Crippen LogP contribution in [0, 0.1) is 0 Å². The van der Waals surface area contributed by atoms with Crippen molar-refractivity contribution in [2.24, 2.45) is 0 Å². The van der Waals surface area contributed by atoms with Gasteiger partial charge in [0.1, 0.15) is 5.15 Å². The molecule has 3 rings (SSSR count). The lowest BCUT2D eigenvalue weighted by molar-refractivity contribution is 0.240. The van der Waals surface area contributed by atoms with E-state index in [9.17, 15) is 4.79 Å². The number of urea groups is 1. The number of aromatic nitrogens is 1. The Labute approximate surface area is 128 Å². The number of carbonyl (C=O) groups excluding carboxylic acids is 1. The van der Waals surface area contributed by atoms with Gasteiger partial charge in [-0.1, -0.05) is 41.9 Å². The Kier molecular flexibility index (Phi) is 4.06. The molecule has 0 radical (unpaired) electrons. The third kappa shape index (κ3) is 3.73. The highest BCUT2D eigenvalue weighted by atomic mass is 35.5. The Hall–Kier alpha value is -2.07. The number of halogens is 1. The summed E-state index contributed by atoms with van der Waals surface area (Å²) in [6.45, 7) is 0.441. The molecule has 108 valence electrons. The first kappa shape index (κ1) is 13.9. The van der Waals surface area contributed by atoms with Gasteiger partial charge in [-0.25, -0.2) is 9.78 Å². The molecule has 2 N–H and O–H groups in total. The number of hydrogen-bond donors (Lipinski definition) is 2. The van der Waals surface area contributed by atoms with Crippen molar-refractivity contribution in [3.63, 3.8) is 0 Å². The van der Waals surface area contributed by atoms with Gasteiger partial charge in [0.2, 0.25) is 0 Å². The zero-order valence-corrected chi connectivity index (χ0v) is 12.2. The molecule has 0 aliphatic heterocycles. The number of nitrogens with zero attached hydrogens (tertiary/aromatic N) is 1. The highest BCUT2D eigenvalue weighted by Gasteiger charge is 2.39. The van der Waals surface area contributed by atoms with Crippen molar-refractivity contribution < 1.29 is 4.79 Å². The summed E-state index contributed by atoms with van der Waals surface area (Å²) in [7, 11) is 0. The first-order chi connectivity index (χ1) is 10.2. The average molecular weight is 302 g/mol. The molecule has 1 heterocycles. The minimum Gasteiger partial charge on any atom is -0.335 e. The number of benzene rings is 1. The summed E-state index contributed by atoms with van der Waals surface area (Å²) in [5.41, 5.74) is 2.21. The molecule has 2 aromatic rings. The molecule has 1 aromatic heterocycles. The van der Waals surface area contributed by atoms with Crippen molar-refractivity contribution in [3.8, 4) is 0 Å². The number of carbonyl (C=O) groups is 1. The van der Waals surface area contributed by atoms with Gasteiger partial charge in [0.25, 0.3) is 0 Å². The van der Waals surface area contributed by atoms with E-state index in [0.717, 1.165) is 12.0 Å². The number of hydrogen-bond acceptors (Lipinski definition) is 2. The fourth-order valence-electron chi connectivity index (χ4n) is 2.38. The van der Waals surface area contributed by atoms with Gasteiger partial charge in [0, 0.05) is 24.7 Å². The summed E-state index contributed by atoms with van der Waals surface area (Å²) in [5, 5.41) is 6.25. The second kappa shape index (κ2) is 6.14. The summed E-state index contributed by atoms with van der Waals surface area (Å²) in [5.74, 6) is 0.437. The highest BCUT2D eigenvalue weighted by molar-refractivity contribution is 6.29. The SMILES string of the molecule is O=C(NCc1ccnc(Cl)c1)N[C@@H]1C[C@H]1c1ccccc1. The van der Waals surface area contributed by atoms with Gasteiger partial charge in [-0.3, -0.25) is 0 Å². The van der Waals surface area contributed by atoms with E-state index >= 15 is 0 Å². The van der Waals surface area contributed by atoms with E-state index in [1.807, 2.05) is 24.3 Å². The molecule has 0 unspecified atom stereocenters. The van der Waals surface area contributed by atoms with E-state index in [1.165, 1.54) is 5.56 Å². The van der Waals surface area contributed by atoms with Crippen LogP contribution in [0.1, 0.15) is 23.5 Å². The van der Waals surface area contributed by atoms with Gasteiger partial charge in [-0.15, -0.1) is 0 Å². The van der Waals surface area contributed by atoms with Gasteiger partial charge in [0.15, 0.2) is 0 Å². The van der Waals surface area contributed by atoms with Gasteiger partial charge >= 0.3 is 6.03 Å². The Morgan fingerprint density at radius 1 is 1.29 bits per heavy atom. The van der Waals surface area contributed by atoms with Crippen LogP contribution < -0.4 is 10.6 Å². The van der Waals surface area contributed by atoms with Crippen LogP contribution in [0.4, 0.5) is 4.79 Å². The minimum absolute atomic E-state index is 0.147. The zero-order valence-electron chi connectivity index (χ0n) is 11.4. The molecule has 1 aliphatic rings. The molecular formula is C16H16ClN3O. The smallest absolute Gasteiger partial charge is 0.315 e. The van der Waals surface area contributed by atoms with Gasteiger partial charge in [-0.2, -0.15) is 0 Å². The van der Waals surface area contributed by atoms with Crippen LogP contribution in [-0.4, -0.2) is 17.1 Å². The molecule has 21 heavy (non-hydrogen) atoms. The van der Waals surface area contributed by atoms with Crippen LogP contribution in [0.25, 0.3) is 0 Å². The second-order valence-electron chi connectivity index (χ2n) is 5.17. The Morgan fingerprint density at radius 2 is 2.10 bits per heavy atom. The molecule has 2 atom stereocenters. The summed E-state index contributed by atoms with van der Waals surface area (Å²) in [6, 6.07) is 13.9. The molecule has 1 aromatic carbocycles. The predicted octanol–water partition coefficient (Wildman–Crippen LogP) is 3.09. The lowest BCUT2D eigenvalue weighted by atomic mass is 10.1. The first-order valence-electron chi connectivity index (χ1n) is 6.92. The third-order valence-corrected chi connectivity index (χ3v) is 3.79. The van der Waals surface area contributed by atoms with E-state index in [4.69, 9.17) is 11.6 Å². The van der Waals surface area contributed by atoms with Crippen molar-refractivity contribution in [2.45, 2.75) is 24.9 Å². The van der Waals surface area contributed by atoms with Crippen molar-refractivity contribution in [1.29, 1.82) is 0 Å². The highest BCUT2D eigenvalue weighted by Crippen LogP contribution is 2.40. The normalized spacial score (nSPS) is 19.9. The Bertz CT molecular complexity index is 632. The van der Waals surface area contributed by atoms with Crippen LogP contribution >= 0.6 is 11.6 Å². The summed E-state index contributed by atoms with van der Waals surface area (Å²) >= 11 is 5.80. The lowest BCUT2D eigenvalue weighted by Gasteiger charge is -2.07. The Morgan fingerprint density at radius 3 is 2.86 bits per heavy atom. The molecule has 0 spiro atoms. The monoisotopic (exact) mass is 301 g/mol. The van der Waals surface area contributed by atoms with Gasteiger partial charge in [0.05, 0.1) is 0 Å². The van der Waals surface area contributed by atoms with Crippen LogP contribution in [0.15, 0.2) is 48.7 Å².